The van der Waals surface area contributed by atoms with Gasteiger partial charge in [0.15, 0.2) is 0 Å². The van der Waals surface area contributed by atoms with Gasteiger partial charge in [-0.05, 0) is 55.5 Å². The summed E-state index contributed by atoms with van der Waals surface area (Å²) in [4.78, 5) is 2.35. The van der Waals surface area contributed by atoms with Crippen molar-refractivity contribution in [3.63, 3.8) is 0 Å². The molecule has 0 bridgehead atoms. The molecule has 0 atom stereocenters. The Morgan fingerprint density at radius 1 is 1.08 bits per heavy atom. The van der Waals surface area contributed by atoms with Crippen LogP contribution in [0.4, 0.5) is 4.39 Å². The van der Waals surface area contributed by atoms with E-state index >= 15 is 0 Å². The largest absolute Gasteiger partial charge is 0.328 e. The van der Waals surface area contributed by atoms with Crippen LogP contribution in [0.3, 0.4) is 0 Å². The van der Waals surface area contributed by atoms with Gasteiger partial charge >= 0.3 is 0 Å². The van der Waals surface area contributed by atoms with Crippen LogP contribution in [0.2, 0.25) is 5.02 Å². The first-order valence-electron chi connectivity index (χ1n) is 8.70. The smallest absolute Gasteiger partial charge is 0.129 e. The summed E-state index contributed by atoms with van der Waals surface area (Å²) in [6, 6.07) is 13.9. The summed E-state index contributed by atoms with van der Waals surface area (Å²) in [7, 11) is 0. The molecule has 0 heterocycles. The molecule has 0 aromatic heterocycles. The third-order valence-corrected chi connectivity index (χ3v) is 5.80. The number of nitrogens with zero attached hydrogens (tertiary/aromatic N) is 1. The maximum absolute atomic E-state index is 14.3. The molecule has 2 nitrogen and oxygen atoms in total. The van der Waals surface area contributed by atoms with E-state index in [0.29, 0.717) is 29.2 Å². The number of rotatable bonds is 5. The minimum atomic E-state index is -0.237. The maximum atomic E-state index is 14.3. The van der Waals surface area contributed by atoms with E-state index in [1.54, 1.807) is 12.1 Å². The molecule has 0 amide bonds. The SMILES string of the molecule is NC1CCC(N(Cc2cccc(Br)c2)Cc2c(F)cccc2Cl)CC1. The predicted molar refractivity (Wildman–Crippen MR) is 105 cm³/mol. The molecule has 1 fully saturated rings. The minimum absolute atomic E-state index is 0.237. The van der Waals surface area contributed by atoms with E-state index in [1.165, 1.54) is 11.6 Å². The Hall–Kier alpha value is -0.940. The van der Waals surface area contributed by atoms with Gasteiger partial charge in [-0.25, -0.2) is 4.39 Å². The minimum Gasteiger partial charge on any atom is -0.328 e. The van der Waals surface area contributed by atoms with E-state index in [4.69, 9.17) is 17.3 Å². The maximum Gasteiger partial charge on any atom is 0.129 e. The average molecular weight is 426 g/mol. The fourth-order valence-corrected chi connectivity index (χ4v) is 4.21. The third kappa shape index (κ3) is 5.04. The second-order valence-electron chi connectivity index (χ2n) is 6.80. The summed E-state index contributed by atoms with van der Waals surface area (Å²) >= 11 is 9.80. The Kier molecular flexibility index (Phi) is 6.50. The monoisotopic (exact) mass is 424 g/mol. The Bertz CT molecular complexity index is 696. The first-order valence-corrected chi connectivity index (χ1v) is 9.87. The fourth-order valence-electron chi connectivity index (χ4n) is 3.54. The van der Waals surface area contributed by atoms with Gasteiger partial charge in [0, 0.05) is 40.2 Å². The van der Waals surface area contributed by atoms with Gasteiger partial charge in [0.05, 0.1) is 0 Å². The lowest BCUT2D eigenvalue weighted by Crippen LogP contribution is -2.40. The van der Waals surface area contributed by atoms with Crippen molar-refractivity contribution < 1.29 is 4.39 Å². The van der Waals surface area contributed by atoms with Gasteiger partial charge in [-0.1, -0.05) is 45.7 Å². The number of benzene rings is 2. The molecule has 5 heteroatoms. The number of hydrogen-bond acceptors (Lipinski definition) is 2. The molecule has 0 saturated heterocycles. The highest BCUT2D eigenvalue weighted by Crippen LogP contribution is 2.28. The van der Waals surface area contributed by atoms with Crippen molar-refractivity contribution in [3.05, 3.63) is 68.9 Å². The van der Waals surface area contributed by atoms with Gasteiger partial charge in [-0.3, -0.25) is 4.90 Å². The van der Waals surface area contributed by atoms with Gasteiger partial charge < -0.3 is 5.73 Å². The fraction of sp³-hybridized carbons (Fsp3) is 0.400. The molecule has 1 aliphatic carbocycles. The van der Waals surface area contributed by atoms with Gasteiger partial charge in [0.1, 0.15) is 5.82 Å². The van der Waals surface area contributed by atoms with Crippen LogP contribution in [-0.4, -0.2) is 17.0 Å². The molecule has 2 aromatic carbocycles. The lowest BCUT2D eigenvalue weighted by Gasteiger charge is -2.36. The molecule has 3 rings (SSSR count). The van der Waals surface area contributed by atoms with Crippen LogP contribution in [0.1, 0.15) is 36.8 Å². The molecular weight excluding hydrogens is 403 g/mol. The average Bonchev–Trinajstić information content (AvgIpc) is 2.58. The number of halogens is 3. The molecule has 134 valence electrons. The first kappa shape index (κ1) is 18.8. The second-order valence-corrected chi connectivity index (χ2v) is 8.13. The van der Waals surface area contributed by atoms with E-state index in [1.807, 2.05) is 12.1 Å². The van der Waals surface area contributed by atoms with Crippen molar-refractivity contribution in [3.8, 4) is 0 Å². The highest BCUT2D eigenvalue weighted by atomic mass is 79.9. The molecule has 0 unspecified atom stereocenters. The van der Waals surface area contributed by atoms with Gasteiger partial charge in [-0.2, -0.15) is 0 Å². The van der Waals surface area contributed by atoms with Crippen molar-refractivity contribution in [1.82, 2.24) is 4.90 Å². The summed E-state index contributed by atoms with van der Waals surface area (Å²) < 4.78 is 15.4. The van der Waals surface area contributed by atoms with Crippen molar-refractivity contribution in [2.24, 2.45) is 5.73 Å². The summed E-state index contributed by atoms with van der Waals surface area (Å²) in [5.41, 5.74) is 7.85. The Morgan fingerprint density at radius 3 is 2.48 bits per heavy atom. The first-order chi connectivity index (χ1) is 12.0. The Labute approximate surface area is 162 Å². The summed E-state index contributed by atoms with van der Waals surface area (Å²) in [6.07, 6.45) is 4.12. The van der Waals surface area contributed by atoms with Crippen molar-refractivity contribution >= 4 is 27.5 Å². The van der Waals surface area contributed by atoms with Crippen LogP contribution < -0.4 is 5.73 Å². The van der Waals surface area contributed by atoms with Gasteiger partial charge in [-0.15, -0.1) is 0 Å². The molecule has 25 heavy (non-hydrogen) atoms. The van der Waals surface area contributed by atoms with E-state index < -0.39 is 0 Å². The molecule has 2 N–H and O–H groups in total. The molecule has 0 spiro atoms. The quantitative estimate of drug-likeness (QED) is 0.684. The third-order valence-electron chi connectivity index (χ3n) is 4.96. The predicted octanol–water partition coefficient (Wildman–Crippen LogP) is 5.51. The summed E-state index contributed by atoms with van der Waals surface area (Å²) in [5.74, 6) is -0.237. The highest BCUT2D eigenvalue weighted by molar-refractivity contribution is 9.10. The summed E-state index contributed by atoms with van der Waals surface area (Å²) in [6.45, 7) is 1.28. The number of hydrogen-bond donors (Lipinski definition) is 1. The van der Waals surface area contributed by atoms with Gasteiger partial charge in [0.25, 0.3) is 0 Å². The van der Waals surface area contributed by atoms with Crippen LogP contribution in [0, 0.1) is 5.82 Å². The van der Waals surface area contributed by atoms with E-state index in [-0.39, 0.29) is 5.82 Å². The van der Waals surface area contributed by atoms with Gasteiger partial charge in [0.2, 0.25) is 0 Å². The molecule has 0 radical (unpaired) electrons. The van der Waals surface area contributed by atoms with E-state index in [2.05, 4.69) is 33.0 Å². The Balaban J connectivity index is 1.83. The molecule has 1 saturated carbocycles. The standard InChI is InChI=1S/C20H23BrClFN2/c21-15-4-1-3-14(11-15)12-25(17-9-7-16(24)8-10-17)13-18-19(22)5-2-6-20(18)23/h1-6,11,16-17H,7-10,12-13,24H2. The van der Waals surface area contributed by atoms with Crippen LogP contribution in [0.25, 0.3) is 0 Å². The zero-order valence-corrected chi connectivity index (χ0v) is 16.4. The van der Waals surface area contributed by atoms with Crippen LogP contribution in [0.15, 0.2) is 46.9 Å². The van der Waals surface area contributed by atoms with Crippen LogP contribution in [0.5, 0.6) is 0 Å². The van der Waals surface area contributed by atoms with Crippen LogP contribution in [-0.2, 0) is 13.1 Å². The molecule has 1 aliphatic rings. The molecular formula is C20H23BrClFN2. The van der Waals surface area contributed by atoms with Crippen molar-refractivity contribution in [2.45, 2.75) is 50.9 Å². The molecule has 0 aliphatic heterocycles. The highest BCUT2D eigenvalue weighted by Gasteiger charge is 2.26. The zero-order chi connectivity index (χ0) is 17.8. The van der Waals surface area contributed by atoms with Crippen molar-refractivity contribution in [1.29, 1.82) is 0 Å². The topological polar surface area (TPSA) is 29.3 Å². The Morgan fingerprint density at radius 2 is 1.80 bits per heavy atom. The van der Waals surface area contributed by atoms with Crippen molar-refractivity contribution in [2.75, 3.05) is 0 Å². The number of nitrogens with two attached hydrogens (primary N) is 1. The lowest BCUT2D eigenvalue weighted by atomic mass is 9.90. The summed E-state index contributed by atoms with van der Waals surface area (Å²) in [5, 5.41) is 0.492. The van der Waals surface area contributed by atoms with Crippen LogP contribution >= 0.6 is 27.5 Å². The molecule has 2 aromatic rings. The zero-order valence-electron chi connectivity index (χ0n) is 14.1. The van der Waals surface area contributed by atoms with E-state index in [0.717, 1.165) is 36.7 Å². The lowest BCUT2D eigenvalue weighted by molar-refractivity contribution is 0.132. The normalized spacial score (nSPS) is 20.8. The van der Waals surface area contributed by atoms with E-state index in [9.17, 15) is 4.39 Å². The second kappa shape index (κ2) is 8.63.